The lowest BCUT2D eigenvalue weighted by atomic mass is 10.2. The van der Waals surface area contributed by atoms with Gasteiger partial charge in [0.25, 0.3) is 0 Å². The van der Waals surface area contributed by atoms with Crippen molar-refractivity contribution in [2.75, 3.05) is 18.1 Å². The zero-order chi connectivity index (χ0) is 15.2. The number of ether oxygens (including phenoxy) is 2. The molecule has 1 heterocycles. The number of nitrogens with zero attached hydrogens (tertiary/aromatic N) is 2. The predicted molar refractivity (Wildman–Crippen MR) is 78.8 cm³/mol. The van der Waals surface area contributed by atoms with Gasteiger partial charge in [0.15, 0.2) is 0 Å². The van der Waals surface area contributed by atoms with E-state index in [4.69, 9.17) is 15.2 Å². The van der Waals surface area contributed by atoms with Crippen molar-refractivity contribution in [2.24, 2.45) is 0 Å². The van der Waals surface area contributed by atoms with Crippen LogP contribution in [0.1, 0.15) is 34.1 Å². The Kier molecular flexibility index (Phi) is 6.06. The normalized spacial score (nSPS) is 11.2. The molecule has 1 aromatic rings. The molecule has 0 aromatic carbocycles. The van der Waals surface area contributed by atoms with Crippen LogP contribution < -0.4 is 10.5 Å². The molecule has 0 aliphatic heterocycles. The molecule has 0 saturated heterocycles. The van der Waals surface area contributed by atoms with Crippen LogP contribution in [0.25, 0.3) is 0 Å². The fraction of sp³-hybridized carbons (Fsp3) is 0.615. The minimum absolute atomic E-state index is 0.145. The van der Waals surface area contributed by atoms with Gasteiger partial charge in [0, 0.05) is 0 Å². The highest BCUT2D eigenvalue weighted by atomic mass is 32.2. The molecular weight excluding hydrogens is 278 g/mol. The maximum atomic E-state index is 11.6. The van der Waals surface area contributed by atoms with Crippen LogP contribution in [-0.2, 0) is 9.53 Å². The van der Waals surface area contributed by atoms with Crippen LogP contribution in [0.15, 0.2) is 11.4 Å². The second-order valence-corrected chi connectivity index (χ2v) is 6.09. The molecule has 0 unspecified atom stereocenters. The van der Waals surface area contributed by atoms with E-state index < -0.39 is 5.60 Å². The third kappa shape index (κ3) is 5.64. The first-order valence-electron chi connectivity index (χ1n) is 6.41. The summed E-state index contributed by atoms with van der Waals surface area (Å²) in [7, 11) is 0. The van der Waals surface area contributed by atoms with Crippen LogP contribution in [0.2, 0.25) is 0 Å². The van der Waals surface area contributed by atoms with Gasteiger partial charge in [-0.25, -0.2) is 4.98 Å². The first kappa shape index (κ1) is 16.6. The van der Waals surface area contributed by atoms with Gasteiger partial charge in [-0.05, 0) is 27.2 Å². The fourth-order valence-electron chi connectivity index (χ4n) is 1.29. The maximum absolute atomic E-state index is 11.6. The number of anilines is 1. The van der Waals surface area contributed by atoms with E-state index in [1.165, 1.54) is 18.1 Å². The Morgan fingerprint density at radius 2 is 2.10 bits per heavy atom. The van der Waals surface area contributed by atoms with Gasteiger partial charge in [-0.1, -0.05) is 18.7 Å². The Hall–Kier alpha value is -1.50. The molecule has 112 valence electrons. The molecule has 0 saturated carbocycles. The average molecular weight is 299 g/mol. The van der Waals surface area contributed by atoms with Crippen LogP contribution in [-0.4, -0.2) is 33.9 Å². The van der Waals surface area contributed by atoms with Crippen LogP contribution in [0.3, 0.4) is 0 Å². The van der Waals surface area contributed by atoms with Crippen LogP contribution >= 0.6 is 11.8 Å². The molecule has 0 amide bonds. The summed E-state index contributed by atoms with van der Waals surface area (Å²) in [6, 6.07) is 0. The highest BCUT2D eigenvalue weighted by molar-refractivity contribution is 8.00. The summed E-state index contributed by atoms with van der Waals surface area (Å²) >= 11 is 1.21. The lowest BCUT2D eigenvalue weighted by molar-refractivity contribution is -0.151. The van der Waals surface area contributed by atoms with E-state index in [0.29, 0.717) is 23.2 Å². The summed E-state index contributed by atoms with van der Waals surface area (Å²) in [5.41, 5.74) is 5.77. The molecule has 20 heavy (non-hydrogen) atoms. The fourth-order valence-corrected chi connectivity index (χ4v) is 1.97. The van der Waals surface area contributed by atoms with E-state index in [9.17, 15) is 4.79 Å². The zero-order valence-electron chi connectivity index (χ0n) is 12.3. The molecule has 7 heteroatoms. The smallest absolute Gasteiger partial charge is 0.316 e. The molecule has 0 aliphatic rings. The van der Waals surface area contributed by atoms with Gasteiger partial charge < -0.3 is 15.2 Å². The molecule has 0 atom stereocenters. The molecular formula is C13H21N3O3S. The van der Waals surface area contributed by atoms with E-state index in [2.05, 4.69) is 9.97 Å². The molecule has 6 nitrogen and oxygen atoms in total. The molecule has 0 aliphatic carbocycles. The molecule has 0 bridgehead atoms. The third-order valence-electron chi connectivity index (χ3n) is 2.00. The summed E-state index contributed by atoms with van der Waals surface area (Å²) in [5.74, 6) is 0.191. The molecule has 2 N–H and O–H groups in total. The molecule has 0 spiro atoms. The second-order valence-electron chi connectivity index (χ2n) is 5.12. The number of nitrogens with two attached hydrogens (primary N) is 1. The number of carbonyl (C=O) groups excluding carboxylic acids is 1. The van der Waals surface area contributed by atoms with Crippen molar-refractivity contribution >= 4 is 23.4 Å². The van der Waals surface area contributed by atoms with Crippen molar-refractivity contribution in [3.63, 3.8) is 0 Å². The molecule has 1 aromatic heterocycles. The SMILES string of the molecule is CCCOc1ncnc(SCC(=O)OC(C)(C)C)c1N. The van der Waals surface area contributed by atoms with Crippen molar-refractivity contribution < 1.29 is 14.3 Å². The standard InChI is InChI=1S/C13H21N3O3S/c1-5-6-18-11-10(14)12(16-8-15-11)20-7-9(17)19-13(2,3)4/h8H,5-7,14H2,1-4H3. The average Bonchev–Trinajstić information content (AvgIpc) is 2.34. The topological polar surface area (TPSA) is 87.3 Å². The van der Waals surface area contributed by atoms with Gasteiger partial charge in [-0.3, -0.25) is 4.79 Å². The summed E-state index contributed by atoms with van der Waals surface area (Å²) in [6.07, 6.45) is 2.24. The van der Waals surface area contributed by atoms with Gasteiger partial charge in [-0.15, -0.1) is 0 Å². The Morgan fingerprint density at radius 1 is 1.40 bits per heavy atom. The highest BCUT2D eigenvalue weighted by Gasteiger charge is 2.18. The van der Waals surface area contributed by atoms with Gasteiger partial charge in [0.1, 0.15) is 22.6 Å². The highest BCUT2D eigenvalue weighted by Crippen LogP contribution is 2.29. The number of esters is 1. The Labute approximate surface area is 123 Å². The van der Waals surface area contributed by atoms with E-state index >= 15 is 0 Å². The number of carbonyl (C=O) groups is 1. The largest absolute Gasteiger partial charge is 0.476 e. The first-order chi connectivity index (χ1) is 9.33. The number of hydrogen-bond donors (Lipinski definition) is 1. The summed E-state index contributed by atoms with van der Waals surface area (Å²) in [4.78, 5) is 19.7. The summed E-state index contributed by atoms with van der Waals surface area (Å²) < 4.78 is 10.6. The zero-order valence-corrected chi connectivity index (χ0v) is 13.1. The van der Waals surface area contributed by atoms with Crippen molar-refractivity contribution in [3.8, 4) is 5.88 Å². The van der Waals surface area contributed by atoms with Crippen molar-refractivity contribution in [1.82, 2.24) is 9.97 Å². The van der Waals surface area contributed by atoms with Crippen LogP contribution in [0.5, 0.6) is 5.88 Å². The van der Waals surface area contributed by atoms with Crippen molar-refractivity contribution in [3.05, 3.63) is 6.33 Å². The summed E-state index contributed by atoms with van der Waals surface area (Å²) in [5, 5.41) is 0.525. The quantitative estimate of drug-likeness (QED) is 0.490. The van der Waals surface area contributed by atoms with Crippen molar-refractivity contribution in [1.29, 1.82) is 0 Å². The van der Waals surface area contributed by atoms with Gasteiger partial charge in [0.05, 0.1) is 12.4 Å². The Morgan fingerprint density at radius 3 is 2.70 bits per heavy atom. The van der Waals surface area contributed by atoms with Crippen LogP contribution in [0.4, 0.5) is 5.69 Å². The van der Waals surface area contributed by atoms with E-state index in [-0.39, 0.29) is 11.7 Å². The predicted octanol–water partition coefficient (Wildman–Crippen LogP) is 2.28. The van der Waals surface area contributed by atoms with E-state index in [1.54, 1.807) is 0 Å². The maximum Gasteiger partial charge on any atom is 0.316 e. The lowest BCUT2D eigenvalue weighted by Gasteiger charge is -2.19. The number of rotatable bonds is 6. The van der Waals surface area contributed by atoms with Crippen molar-refractivity contribution in [2.45, 2.75) is 44.7 Å². The van der Waals surface area contributed by atoms with Gasteiger partial charge >= 0.3 is 5.97 Å². The third-order valence-corrected chi connectivity index (χ3v) is 2.98. The molecule has 1 rings (SSSR count). The summed E-state index contributed by atoms with van der Waals surface area (Å²) in [6.45, 7) is 8.01. The van der Waals surface area contributed by atoms with E-state index in [1.807, 2.05) is 27.7 Å². The first-order valence-corrected chi connectivity index (χ1v) is 7.40. The monoisotopic (exact) mass is 299 g/mol. The lowest BCUT2D eigenvalue weighted by Crippen LogP contribution is -2.25. The van der Waals surface area contributed by atoms with E-state index in [0.717, 1.165) is 6.42 Å². The number of hydrogen-bond acceptors (Lipinski definition) is 7. The van der Waals surface area contributed by atoms with Gasteiger partial charge in [-0.2, -0.15) is 4.98 Å². The second kappa shape index (κ2) is 7.33. The minimum atomic E-state index is -0.496. The number of aromatic nitrogens is 2. The number of thioether (sulfide) groups is 1. The minimum Gasteiger partial charge on any atom is -0.476 e. The van der Waals surface area contributed by atoms with Crippen LogP contribution in [0, 0.1) is 0 Å². The number of nitrogen functional groups attached to an aromatic ring is 1. The molecule has 0 radical (unpaired) electrons. The Bertz CT molecular complexity index is 461. The van der Waals surface area contributed by atoms with Gasteiger partial charge in [0.2, 0.25) is 5.88 Å². The molecule has 0 fully saturated rings. The Balaban J connectivity index is 2.62.